The van der Waals surface area contributed by atoms with Crippen molar-refractivity contribution in [2.45, 2.75) is 0 Å². The Hall–Kier alpha value is -3.41. The van der Waals surface area contributed by atoms with Crippen LogP contribution in [0.5, 0.6) is 17.2 Å². The lowest BCUT2D eigenvalue weighted by molar-refractivity contribution is 0.215. The molecule has 2 aromatic carbocycles. The fourth-order valence-corrected chi connectivity index (χ4v) is 1.88. The number of rotatable bonds is 4. The van der Waals surface area contributed by atoms with Crippen molar-refractivity contribution < 1.29 is 18.7 Å². The zero-order chi connectivity index (χ0) is 16.8. The van der Waals surface area contributed by atoms with Crippen molar-refractivity contribution in [3.8, 4) is 17.2 Å². The molecular weight excluding hydrogens is 311 g/mol. The standard InChI is InChI=1S/C18H13FN2O3/c19-13-6-8-15(9-7-13)23-16-10-11-17(20-12-16)21-18(22)24-14-4-2-1-3-5-14/h1-12H,(H,20,21,22). The van der Waals surface area contributed by atoms with E-state index in [2.05, 4.69) is 10.3 Å². The Morgan fingerprint density at radius 2 is 1.58 bits per heavy atom. The first-order chi connectivity index (χ1) is 11.7. The topological polar surface area (TPSA) is 60.5 Å². The molecule has 0 saturated carbocycles. The second-order valence-electron chi connectivity index (χ2n) is 4.76. The molecule has 0 unspecified atom stereocenters. The smallest absolute Gasteiger partial charge is 0.418 e. The Morgan fingerprint density at radius 3 is 2.25 bits per heavy atom. The van der Waals surface area contributed by atoms with Crippen molar-refractivity contribution >= 4 is 11.9 Å². The number of nitrogens with zero attached hydrogens (tertiary/aromatic N) is 1. The Morgan fingerprint density at radius 1 is 0.875 bits per heavy atom. The Balaban J connectivity index is 1.58. The number of hydrogen-bond acceptors (Lipinski definition) is 4. The number of hydrogen-bond donors (Lipinski definition) is 1. The number of ether oxygens (including phenoxy) is 2. The van der Waals surface area contributed by atoms with Gasteiger partial charge in [0.1, 0.15) is 28.9 Å². The Kier molecular flexibility index (Phi) is 4.67. The SMILES string of the molecule is O=C(Nc1ccc(Oc2ccc(F)cc2)cn1)Oc1ccccc1. The molecule has 6 heteroatoms. The summed E-state index contributed by atoms with van der Waals surface area (Å²) in [7, 11) is 0. The first-order valence-corrected chi connectivity index (χ1v) is 7.12. The van der Waals surface area contributed by atoms with E-state index in [4.69, 9.17) is 9.47 Å². The summed E-state index contributed by atoms with van der Waals surface area (Å²) in [5.74, 6) is 1.37. The van der Waals surface area contributed by atoms with Gasteiger partial charge in [-0.25, -0.2) is 14.2 Å². The minimum Gasteiger partial charge on any atom is -0.456 e. The maximum atomic E-state index is 12.8. The molecule has 5 nitrogen and oxygen atoms in total. The summed E-state index contributed by atoms with van der Waals surface area (Å²) in [6.45, 7) is 0. The fourth-order valence-electron chi connectivity index (χ4n) is 1.88. The van der Waals surface area contributed by atoms with Crippen LogP contribution >= 0.6 is 0 Å². The molecule has 0 radical (unpaired) electrons. The molecule has 3 rings (SSSR count). The van der Waals surface area contributed by atoms with Crippen LogP contribution in [0.4, 0.5) is 15.0 Å². The molecule has 0 aliphatic carbocycles. The van der Waals surface area contributed by atoms with Crippen LogP contribution < -0.4 is 14.8 Å². The van der Waals surface area contributed by atoms with Crippen LogP contribution in [-0.2, 0) is 0 Å². The highest BCUT2D eigenvalue weighted by Crippen LogP contribution is 2.21. The third-order valence-electron chi connectivity index (χ3n) is 2.97. The van der Waals surface area contributed by atoms with E-state index in [0.29, 0.717) is 23.1 Å². The van der Waals surface area contributed by atoms with E-state index in [1.807, 2.05) is 6.07 Å². The first kappa shape index (κ1) is 15.5. The number of para-hydroxylation sites is 1. The van der Waals surface area contributed by atoms with Gasteiger partial charge in [-0.3, -0.25) is 5.32 Å². The van der Waals surface area contributed by atoms with Crippen LogP contribution in [0.25, 0.3) is 0 Å². The van der Waals surface area contributed by atoms with Crippen LogP contribution in [0.3, 0.4) is 0 Å². The third-order valence-corrected chi connectivity index (χ3v) is 2.97. The van der Waals surface area contributed by atoms with Crippen LogP contribution in [0.2, 0.25) is 0 Å². The van der Waals surface area contributed by atoms with Crippen molar-refractivity contribution in [1.29, 1.82) is 0 Å². The number of benzene rings is 2. The molecule has 0 bridgehead atoms. The molecule has 0 saturated heterocycles. The van der Waals surface area contributed by atoms with Crippen LogP contribution in [0.1, 0.15) is 0 Å². The van der Waals surface area contributed by atoms with Gasteiger partial charge in [0.25, 0.3) is 0 Å². The number of nitrogens with one attached hydrogen (secondary N) is 1. The summed E-state index contributed by atoms with van der Waals surface area (Å²) in [4.78, 5) is 15.8. The van der Waals surface area contributed by atoms with Gasteiger partial charge in [-0.15, -0.1) is 0 Å². The van der Waals surface area contributed by atoms with Crippen LogP contribution in [0, 0.1) is 5.82 Å². The average Bonchev–Trinajstić information content (AvgIpc) is 2.59. The van der Waals surface area contributed by atoms with Crippen molar-refractivity contribution in [2.24, 2.45) is 0 Å². The molecule has 0 fully saturated rings. The normalized spacial score (nSPS) is 10.0. The zero-order valence-electron chi connectivity index (χ0n) is 12.5. The zero-order valence-corrected chi connectivity index (χ0v) is 12.5. The minimum absolute atomic E-state index is 0.322. The largest absolute Gasteiger partial charge is 0.456 e. The lowest BCUT2D eigenvalue weighted by Gasteiger charge is -2.08. The molecule has 1 heterocycles. The molecule has 0 aliphatic rings. The Labute approximate surface area is 137 Å². The molecular formula is C18H13FN2O3. The highest BCUT2D eigenvalue weighted by atomic mass is 19.1. The number of carbonyl (C=O) groups excluding carboxylic acids is 1. The molecule has 0 atom stereocenters. The van der Waals surface area contributed by atoms with Crippen molar-refractivity contribution in [3.63, 3.8) is 0 Å². The highest BCUT2D eigenvalue weighted by Gasteiger charge is 2.06. The van der Waals surface area contributed by atoms with Crippen molar-refractivity contribution in [3.05, 3.63) is 78.7 Å². The number of halogens is 1. The van der Waals surface area contributed by atoms with E-state index in [9.17, 15) is 9.18 Å². The second-order valence-corrected chi connectivity index (χ2v) is 4.76. The van der Waals surface area contributed by atoms with Gasteiger partial charge in [-0.1, -0.05) is 18.2 Å². The van der Waals surface area contributed by atoms with Crippen LogP contribution in [-0.4, -0.2) is 11.1 Å². The highest BCUT2D eigenvalue weighted by molar-refractivity contribution is 5.85. The maximum absolute atomic E-state index is 12.8. The molecule has 24 heavy (non-hydrogen) atoms. The van der Waals surface area contributed by atoms with E-state index in [1.165, 1.54) is 30.5 Å². The first-order valence-electron chi connectivity index (χ1n) is 7.12. The predicted molar refractivity (Wildman–Crippen MR) is 86.8 cm³/mol. The summed E-state index contributed by atoms with van der Waals surface area (Å²) in [5.41, 5.74) is 0. The van der Waals surface area contributed by atoms with Crippen LogP contribution in [0.15, 0.2) is 72.9 Å². The molecule has 3 aromatic rings. The van der Waals surface area contributed by atoms with Crippen molar-refractivity contribution in [1.82, 2.24) is 4.98 Å². The number of aromatic nitrogens is 1. The molecule has 0 aliphatic heterocycles. The van der Waals surface area contributed by atoms with Gasteiger partial charge in [0, 0.05) is 0 Å². The third kappa shape index (κ3) is 4.30. The van der Waals surface area contributed by atoms with Gasteiger partial charge in [0.05, 0.1) is 6.20 Å². The summed E-state index contributed by atoms with van der Waals surface area (Å²) >= 11 is 0. The molecule has 0 spiro atoms. The van der Waals surface area contributed by atoms with E-state index in [1.54, 1.807) is 36.4 Å². The van der Waals surface area contributed by atoms with Gasteiger partial charge in [0.2, 0.25) is 0 Å². The van der Waals surface area contributed by atoms with Gasteiger partial charge in [-0.05, 0) is 48.5 Å². The molecule has 120 valence electrons. The van der Waals surface area contributed by atoms with E-state index < -0.39 is 6.09 Å². The monoisotopic (exact) mass is 324 g/mol. The minimum atomic E-state index is -0.638. The molecule has 1 N–H and O–H groups in total. The second kappa shape index (κ2) is 7.23. The predicted octanol–water partition coefficient (Wildman–Crippen LogP) is 4.62. The summed E-state index contributed by atoms with van der Waals surface area (Å²) in [5, 5.41) is 2.51. The van der Waals surface area contributed by atoms with Gasteiger partial charge < -0.3 is 9.47 Å². The molecule has 1 aromatic heterocycles. The lowest BCUT2D eigenvalue weighted by atomic mass is 10.3. The van der Waals surface area contributed by atoms with Gasteiger partial charge >= 0.3 is 6.09 Å². The van der Waals surface area contributed by atoms with E-state index in [-0.39, 0.29) is 5.82 Å². The lowest BCUT2D eigenvalue weighted by Crippen LogP contribution is -2.17. The van der Waals surface area contributed by atoms with E-state index >= 15 is 0 Å². The number of carbonyl (C=O) groups is 1. The number of amides is 1. The summed E-state index contributed by atoms with van der Waals surface area (Å²) in [6.07, 6.45) is 0.808. The number of pyridine rings is 1. The van der Waals surface area contributed by atoms with E-state index in [0.717, 1.165) is 0 Å². The van der Waals surface area contributed by atoms with Gasteiger partial charge in [-0.2, -0.15) is 0 Å². The van der Waals surface area contributed by atoms with Gasteiger partial charge in [0.15, 0.2) is 0 Å². The summed E-state index contributed by atoms with van der Waals surface area (Å²) < 4.78 is 23.5. The summed E-state index contributed by atoms with van der Waals surface area (Å²) in [6, 6.07) is 17.5. The maximum Gasteiger partial charge on any atom is 0.418 e. The van der Waals surface area contributed by atoms with Crippen molar-refractivity contribution in [2.75, 3.05) is 5.32 Å². The number of anilines is 1. The fraction of sp³-hybridized carbons (Fsp3) is 0. The quantitative estimate of drug-likeness (QED) is 0.760. The Bertz CT molecular complexity index is 806. The average molecular weight is 324 g/mol. The molecule has 1 amide bonds.